The number of amides is 1. The Hall–Kier alpha value is -3.80. The highest BCUT2D eigenvalue weighted by atomic mass is 16.5. The van der Waals surface area contributed by atoms with Gasteiger partial charge in [-0.05, 0) is 62.9 Å². The van der Waals surface area contributed by atoms with Crippen molar-refractivity contribution in [3.05, 3.63) is 98.6 Å². The number of methoxy groups -OCH3 is 1. The van der Waals surface area contributed by atoms with E-state index in [1.54, 1.807) is 13.2 Å². The average Bonchev–Trinajstić information content (AvgIpc) is 3.15. The number of pyridine rings is 1. The molecular formula is C28H31N3O3. The molecule has 4 aromatic rings. The fourth-order valence-electron chi connectivity index (χ4n) is 4.50. The second kappa shape index (κ2) is 9.59. The van der Waals surface area contributed by atoms with Gasteiger partial charge in [0.1, 0.15) is 5.75 Å². The number of hydrogen-bond acceptors (Lipinski definition) is 3. The Morgan fingerprint density at radius 3 is 2.53 bits per heavy atom. The van der Waals surface area contributed by atoms with E-state index in [-0.39, 0.29) is 24.1 Å². The summed E-state index contributed by atoms with van der Waals surface area (Å²) in [6, 6.07) is 15.9. The van der Waals surface area contributed by atoms with Crippen LogP contribution in [0, 0.1) is 13.8 Å². The summed E-state index contributed by atoms with van der Waals surface area (Å²) in [5.74, 6) is 0.384. The molecule has 4 rings (SSSR count). The van der Waals surface area contributed by atoms with Crippen molar-refractivity contribution in [3.63, 3.8) is 0 Å². The van der Waals surface area contributed by atoms with Gasteiger partial charge in [0.25, 0.3) is 11.5 Å². The maximum Gasteiger partial charge on any atom is 0.253 e. The van der Waals surface area contributed by atoms with Crippen LogP contribution in [0.3, 0.4) is 0 Å². The number of ether oxygens (including phenoxy) is 1. The van der Waals surface area contributed by atoms with Gasteiger partial charge >= 0.3 is 0 Å². The standard InChI is InChI=1S/C28H31N3O3/c1-17(2)31-16-18(3)26-23(13-22(34-5)14-25(26)31)27(32)29-15-24-21(11-19(4)30-28(24)33)12-20-9-7-6-8-10-20/h6-11,13-14,16-17H,12,15H2,1-5H3,(H,29,32)(H,30,33). The number of carbonyl (C=O) groups is 1. The molecule has 0 atom stereocenters. The van der Waals surface area contributed by atoms with Crippen molar-refractivity contribution < 1.29 is 9.53 Å². The number of nitrogens with one attached hydrogen (secondary N) is 2. The number of fused-ring (bicyclic) bond motifs is 1. The molecule has 176 valence electrons. The number of H-pyrrole nitrogens is 1. The minimum atomic E-state index is -0.237. The first-order chi connectivity index (χ1) is 16.3. The molecule has 0 fully saturated rings. The van der Waals surface area contributed by atoms with Crippen molar-refractivity contribution in [1.29, 1.82) is 0 Å². The van der Waals surface area contributed by atoms with Crippen LogP contribution in [0.2, 0.25) is 0 Å². The Morgan fingerprint density at radius 2 is 1.85 bits per heavy atom. The fourth-order valence-corrected chi connectivity index (χ4v) is 4.50. The summed E-state index contributed by atoms with van der Waals surface area (Å²) >= 11 is 0. The van der Waals surface area contributed by atoms with Crippen LogP contribution >= 0.6 is 0 Å². The Morgan fingerprint density at radius 1 is 1.12 bits per heavy atom. The second-order valence-corrected chi connectivity index (χ2v) is 9.01. The molecule has 34 heavy (non-hydrogen) atoms. The van der Waals surface area contributed by atoms with Crippen molar-refractivity contribution in [2.75, 3.05) is 7.11 Å². The Kier molecular flexibility index (Phi) is 6.59. The molecule has 2 aromatic heterocycles. The Balaban J connectivity index is 1.68. The second-order valence-electron chi connectivity index (χ2n) is 9.01. The zero-order valence-electron chi connectivity index (χ0n) is 20.4. The first kappa shape index (κ1) is 23.4. The van der Waals surface area contributed by atoms with Crippen LogP contribution in [0.1, 0.15) is 58.2 Å². The van der Waals surface area contributed by atoms with Crippen LogP contribution in [-0.2, 0) is 13.0 Å². The van der Waals surface area contributed by atoms with Crippen LogP contribution in [-0.4, -0.2) is 22.6 Å². The van der Waals surface area contributed by atoms with Crippen LogP contribution < -0.4 is 15.6 Å². The quantitative estimate of drug-likeness (QED) is 0.407. The number of hydrogen-bond donors (Lipinski definition) is 2. The highest BCUT2D eigenvalue weighted by Crippen LogP contribution is 2.31. The number of aryl methyl sites for hydroxylation is 2. The molecule has 0 aliphatic heterocycles. The molecule has 0 bridgehead atoms. The Bertz CT molecular complexity index is 1400. The minimum absolute atomic E-state index is 0.138. The zero-order valence-corrected chi connectivity index (χ0v) is 20.4. The maximum absolute atomic E-state index is 13.4. The van der Waals surface area contributed by atoms with Gasteiger partial charge in [0.05, 0.1) is 18.2 Å². The SMILES string of the molecule is COc1cc(C(=O)NCc2c(Cc3ccccc3)cc(C)[nH]c2=O)c2c(C)cn(C(C)C)c2c1. The first-order valence-corrected chi connectivity index (χ1v) is 11.5. The average molecular weight is 458 g/mol. The summed E-state index contributed by atoms with van der Waals surface area (Å²) in [5.41, 5.74) is 5.73. The van der Waals surface area contributed by atoms with Gasteiger partial charge in [-0.2, -0.15) is 0 Å². The summed E-state index contributed by atoms with van der Waals surface area (Å²) in [5, 5.41) is 3.88. The maximum atomic E-state index is 13.4. The van der Waals surface area contributed by atoms with E-state index in [1.807, 2.05) is 56.3 Å². The summed E-state index contributed by atoms with van der Waals surface area (Å²) in [6.07, 6.45) is 2.69. The van der Waals surface area contributed by atoms with Crippen LogP contribution in [0.5, 0.6) is 5.75 Å². The van der Waals surface area contributed by atoms with Gasteiger partial charge in [-0.25, -0.2) is 0 Å². The smallest absolute Gasteiger partial charge is 0.253 e. The lowest BCUT2D eigenvalue weighted by Gasteiger charge is -2.14. The Labute approximate surface area is 199 Å². The molecule has 0 saturated carbocycles. The molecule has 0 saturated heterocycles. The molecule has 2 N–H and O–H groups in total. The third-order valence-corrected chi connectivity index (χ3v) is 6.16. The number of carbonyl (C=O) groups excluding carboxylic acids is 1. The highest BCUT2D eigenvalue weighted by molar-refractivity contribution is 6.08. The molecule has 6 heteroatoms. The lowest BCUT2D eigenvalue weighted by molar-refractivity contribution is 0.0952. The van der Waals surface area contributed by atoms with Gasteiger partial charge in [0.2, 0.25) is 0 Å². The number of nitrogens with zero attached hydrogens (tertiary/aromatic N) is 1. The highest BCUT2D eigenvalue weighted by Gasteiger charge is 2.19. The van der Waals surface area contributed by atoms with Gasteiger partial charge in [-0.15, -0.1) is 0 Å². The first-order valence-electron chi connectivity index (χ1n) is 11.5. The molecule has 2 heterocycles. The molecule has 1 amide bonds. The van der Waals surface area contributed by atoms with Gasteiger partial charge in [0.15, 0.2) is 0 Å². The lowest BCUT2D eigenvalue weighted by Crippen LogP contribution is -2.28. The molecule has 0 aliphatic carbocycles. The van der Waals surface area contributed by atoms with E-state index >= 15 is 0 Å². The van der Waals surface area contributed by atoms with E-state index in [9.17, 15) is 9.59 Å². The van der Waals surface area contributed by atoms with Crippen LogP contribution in [0.4, 0.5) is 0 Å². The monoisotopic (exact) mass is 457 g/mol. The molecule has 0 radical (unpaired) electrons. The third-order valence-electron chi connectivity index (χ3n) is 6.16. The van der Waals surface area contributed by atoms with Gasteiger partial charge in [-0.3, -0.25) is 9.59 Å². The molecule has 2 aromatic carbocycles. The zero-order chi connectivity index (χ0) is 24.4. The summed E-state index contributed by atoms with van der Waals surface area (Å²) < 4.78 is 7.63. The van der Waals surface area contributed by atoms with E-state index in [0.717, 1.165) is 33.3 Å². The normalized spacial score (nSPS) is 11.2. The molecule has 6 nitrogen and oxygen atoms in total. The summed E-state index contributed by atoms with van der Waals surface area (Å²) in [6.45, 7) is 8.23. The van der Waals surface area contributed by atoms with Gasteiger partial charge in [0, 0.05) is 41.5 Å². The van der Waals surface area contributed by atoms with E-state index in [2.05, 4.69) is 34.9 Å². The van der Waals surface area contributed by atoms with Crippen molar-refractivity contribution in [1.82, 2.24) is 14.9 Å². The number of rotatable bonds is 7. The largest absolute Gasteiger partial charge is 0.497 e. The fraction of sp³-hybridized carbons (Fsp3) is 0.286. The molecule has 0 spiro atoms. The number of aromatic amines is 1. The topological polar surface area (TPSA) is 76.1 Å². The van der Waals surface area contributed by atoms with Crippen molar-refractivity contribution in [2.24, 2.45) is 0 Å². The van der Waals surface area contributed by atoms with E-state index in [4.69, 9.17) is 4.74 Å². The minimum Gasteiger partial charge on any atom is -0.497 e. The van der Waals surface area contributed by atoms with Crippen molar-refractivity contribution >= 4 is 16.8 Å². The van der Waals surface area contributed by atoms with Crippen LogP contribution in [0.25, 0.3) is 10.9 Å². The van der Waals surface area contributed by atoms with Crippen LogP contribution in [0.15, 0.2) is 59.5 Å². The predicted molar refractivity (Wildman–Crippen MR) is 136 cm³/mol. The van der Waals surface area contributed by atoms with E-state index in [0.29, 0.717) is 23.3 Å². The molecule has 0 unspecified atom stereocenters. The molecular weight excluding hydrogens is 426 g/mol. The lowest BCUT2D eigenvalue weighted by atomic mass is 10.00. The predicted octanol–water partition coefficient (Wildman–Crippen LogP) is 5.06. The van der Waals surface area contributed by atoms with E-state index in [1.165, 1.54) is 0 Å². The number of aromatic nitrogens is 2. The van der Waals surface area contributed by atoms with E-state index < -0.39 is 0 Å². The van der Waals surface area contributed by atoms with Crippen molar-refractivity contribution in [2.45, 2.75) is 46.7 Å². The number of benzene rings is 2. The summed E-state index contributed by atoms with van der Waals surface area (Å²) in [7, 11) is 1.60. The third kappa shape index (κ3) is 4.62. The van der Waals surface area contributed by atoms with Gasteiger partial charge < -0.3 is 19.6 Å². The summed E-state index contributed by atoms with van der Waals surface area (Å²) in [4.78, 5) is 29.1. The van der Waals surface area contributed by atoms with Crippen molar-refractivity contribution in [3.8, 4) is 5.75 Å². The molecule has 0 aliphatic rings. The van der Waals surface area contributed by atoms with Gasteiger partial charge in [-0.1, -0.05) is 30.3 Å².